The predicted molar refractivity (Wildman–Crippen MR) is 128 cm³/mol. The van der Waals surface area contributed by atoms with Crippen LogP contribution in [-0.4, -0.2) is 77.2 Å². The quantitative estimate of drug-likeness (QED) is 0.652. The Morgan fingerprint density at radius 1 is 1.11 bits per heavy atom. The van der Waals surface area contributed by atoms with E-state index in [-0.39, 0.29) is 36.8 Å². The number of alkyl carbamates (subject to hydrolysis) is 1. The average Bonchev–Trinajstić information content (AvgIpc) is 3.32. The molecule has 35 heavy (non-hydrogen) atoms. The van der Waals surface area contributed by atoms with Crippen molar-refractivity contribution in [2.45, 2.75) is 77.8 Å². The number of nitrogens with two attached hydrogens (primary N) is 1. The van der Waals surface area contributed by atoms with Gasteiger partial charge in [-0.25, -0.2) is 9.18 Å². The van der Waals surface area contributed by atoms with Crippen molar-refractivity contribution >= 4 is 17.9 Å². The van der Waals surface area contributed by atoms with Gasteiger partial charge in [0.1, 0.15) is 29.8 Å². The Balaban J connectivity index is 1.78. The lowest BCUT2D eigenvalue weighted by Crippen LogP contribution is -2.55. The highest BCUT2D eigenvalue weighted by Gasteiger charge is 2.54. The fourth-order valence-electron chi connectivity index (χ4n) is 4.48. The van der Waals surface area contributed by atoms with Crippen LogP contribution < -0.4 is 15.8 Å². The number of nitrogens with zero attached hydrogens (tertiary/aromatic N) is 2. The SMILES string of the molecule is CC(C)(C)OC(=O)NCC(=O)N1C[C@H](Oc2ccc(F)cc2)[C@@H]2[C@H]1CCN2C(=O)C(N)C(C)(C)C. The summed E-state index contributed by atoms with van der Waals surface area (Å²) >= 11 is 0. The number of rotatable bonds is 5. The van der Waals surface area contributed by atoms with Crippen LogP contribution >= 0.6 is 0 Å². The third-order valence-electron chi connectivity index (χ3n) is 6.26. The van der Waals surface area contributed by atoms with E-state index in [1.807, 2.05) is 20.8 Å². The van der Waals surface area contributed by atoms with Crippen molar-refractivity contribution in [3.05, 3.63) is 30.1 Å². The topological polar surface area (TPSA) is 114 Å². The molecule has 194 valence electrons. The summed E-state index contributed by atoms with van der Waals surface area (Å²) in [5.74, 6) is -0.444. The lowest BCUT2D eigenvalue weighted by atomic mass is 9.86. The molecule has 0 aliphatic carbocycles. The molecule has 1 unspecified atom stereocenters. The first-order valence-electron chi connectivity index (χ1n) is 11.9. The number of ether oxygens (including phenoxy) is 2. The second-order valence-corrected chi connectivity index (χ2v) is 11.2. The van der Waals surface area contributed by atoms with E-state index in [2.05, 4.69) is 5.32 Å². The first-order valence-corrected chi connectivity index (χ1v) is 11.9. The summed E-state index contributed by atoms with van der Waals surface area (Å²) in [5.41, 5.74) is 5.16. The van der Waals surface area contributed by atoms with E-state index in [0.717, 1.165) is 0 Å². The highest BCUT2D eigenvalue weighted by atomic mass is 19.1. The molecule has 4 atom stereocenters. The molecular weight excluding hydrogens is 455 g/mol. The normalized spacial score (nSPS) is 23.0. The van der Waals surface area contributed by atoms with Crippen LogP contribution in [0, 0.1) is 11.2 Å². The Labute approximate surface area is 206 Å². The summed E-state index contributed by atoms with van der Waals surface area (Å²) < 4.78 is 24.8. The molecule has 10 heteroatoms. The zero-order chi connectivity index (χ0) is 26.1. The minimum atomic E-state index is -0.716. The Morgan fingerprint density at radius 2 is 1.74 bits per heavy atom. The van der Waals surface area contributed by atoms with Crippen molar-refractivity contribution in [3.8, 4) is 5.75 Å². The van der Waals surface area contributed by atoms with E-state index in [1.165, 1.54) is 24.3 Å². The molecule has 1 aromatic rings. The molecule has 0 radical (unpaired) electrons. The summed E-state index contributed by atoms with van der Waals surface area (Å²) in [7, 11) is 0. The van der Waals surface area contributed by atoms with E-state index in [4.69, 9.17) is 15.2 Å². The van der Waals surface area contributed by atoms with Crippen molar-refractivity contribution in [3.63, 3.8) is 0 Å². The van der Waals surface area contributed by atoms with E-state index in [1.54, 1.807) is 30.6 Å². The van der Waals surface area contributed by atoms with Gasteiger partial charge in [-0.3, -0.25) is 9.59 Å². The summed E-state index contributed by atoms with van der Waals surface area (Å²) in [5, 5.41) is 2.50. The monoisotopic (exact) mass is 492 g/mol. The van der Waals surface area contributed by atoms with Gasteiger partial charge in [0.15, 0.2) is 0 Å². The van der Waals surface area contributed by atoms with Crippen LogP contribution in [0.25, 0.3) is 0 Å². The molecule has 3 N–H and O–H groups in total. The number of carbonyl (C=O) groups excluding carboxylic acids is 3. The van der Waals surface area contributed by atoms with Crippen molar-refractivity contribution in [2.24, 2.45) is 11.1 Å². The Kier molecular flexibility index (Phi) is 7.64. The summed E-state index contributed by atoms with van der Waals surface area (Å²) in [6.07, 6.45) is -0.649. The number of likely N-dealkylation sites (tertiary alicyclic amines) is 2. The summed E-state index contributed by atoms with van der Waals surface area (Å²) in [6.45, 7) is 11.3. The number of halogens is 1. The third kappa shape index (κ3) is 6.42. The molecule has 2 saturated heterocycles. The van der Waals surface area contributed by atoms with Gasteiger partial charge in [-0.2, -0.15) is 0 Å². The van der Waals surface area contributed by atoms with Crippen molar-refractivity contribution < 1.29 is 28.2 Å². The molecule has 0 bridgehead atoms. The predicted octanol–water partition coefficient (Wildman–Crippen LogP) is 2.28. The first kappa shape index (κ1) is 26.7. The van der Waals surface area contributed by atoms with Gasteiger partial charge in [-0.05, 0) is 56.9 Å². The second-order valence-electron chi connectivity index (χ2n) is 11.2. The van der Waals surface area contributed by atoms with Crippen LogP contribution in [0.15, 0.2) is 24.3 Å². The van der Waals surface area contributed by atoms with Gasteiger partial charge in [0.05, 0.1) is 24.7 Å². The van der Waals surface area contributed by atoms with Crippen LogP contribution in [0.2, 0.25) is 0 Å². The Morgan fingerprint density at radius 3 is 2.31 bits per heavy atom. The zero-order valence-electron chi connectivity index (χ0n) is 21.3. The standard InChI is InChI=1S/C25H37FN4O5/c1-24(2,3)21(27)22(32)29-12-11-17-20(29)18(34-16-9-7-15(26)8-10-16)14-30(17)19(31)13-28-23(33)35-25(4,5)6/h7-10,17-18,20-21H,11-14,27H2,1-6H3,(H,28,33)/t17-,18+,20+,21?/m1/s1. The van der Waals surface area contributed by atoms with Gasteiger partial charge in [-0.1, -0.05) is 20.8 Å². The Bertz CT molecular complexity index is 941. The fourth-order valence-corrected chi connectivity index (χ4v) is 4.48. The molecule has 2 heterocycles. The molecular formula is C25H37FN4O5. The van der Waals surface area contributed by atoms with Crippen LogP contribution in [0.1, 0.15) is 48.0 Å². The lowest BCUT2D eigenvalue weighted by molar-refractivity contribution is -0.137. The summed E-state index contributed by atoms with van der Waals surface area (Å²) in [4.78, 5) is 41.8. The largest absolute Gasteiger partial charge is 0.486 e. The molecule has 1 aromatic carbocycles. The number of amides is 3. The minimum Gasteiger partial charge on any atom is -0.486 e. The first-order chi connectivity index (χ1) is 16.2. The van der Waals surface area contributed by atoms with Crippen molar-refractivity contribution in [1.82, 2.24) is 15.1 Å². The molecule has 0 aromatic heterocycles. The van der Waals surface area contributed by atoms with E-state index < -0.39 is 35.3 Å². The fraction of sp³-hybridized carbons (Fsp3) is 0.640. The van der Waals surface area contributed by atoms with E-state index in [0.29, 0.717) is 18.7 Å². The maximum Gasteiger partial charge on any atom is 0.408 e. The van der Waals surface area contributed by atoms with Gasteiger partial charge in [0.2, 0.25) is 11.8 Å². The molecule has 3 rings (SSSR count). The molecule has 9 nitrogen and oxygen atoms in total. The molecule has 2 aliphatic heterocycles. The van der Waals surface area contributed by atoms with Gasteiger partial charge >= 0.3 is 6.09 Å². The molecule has 0 saturated carbocycles. The molecule has 2 aliphatic rings. The average molecular weight is 493 g/mol. The van der Waals surface area contributed by atoms with E-state index >= 15 is 0 Å². The van der Waals surface area contributed by atoms with Gasteiger partial charge in [0, 0.05) is 6.54 Å². The van der Waals surface area contributed by atoms with Gasteiger partial charge < -0.3 is 30.3 Å². The van der Waals surface area contributed by atoms with Crippen LogP contribution in [0.5, 0.6) is 5.75 Å². The number of benzene rings is 1. The number of hydrogen-bond acceptors (Lipinski definition) is 6. The minimum absolute atomic E-state index is 0.195. The highest BCUT2D eigenvalue weighted by molar-refractivity contribution is 5.85. The van der Waals surface area contributed by atoms with Gasteiger partial charge in [-0.15, -0.1) is 0 Å². The smallest absolute Gasteiger partial charge is 0.408 e. The molecule has 2 fully saturated rings. The maximum absolute atomic E-state index is 13.4. The van der Waals surface area contributed by atoms with Crippen LogP contribution in [0.3, 0.4) is 0 Å². The number of hydrogen-bond donors (Lipinski definition) is 2. The third-order valence-corrected chi connectivity index (χ3v) is 6.26. The lowest BCUT2D eigenvalue weighted by Gasteiger charge is -2.34. The van der Waals surface area contributed by atoms with Crippen molar-refractivity contribution in [2.75, 3.05) is 19.6 Å². The van der Waals surface area contributed by atoms with Gasteiger partial charge in [0.25, 0.3) is 0 Å². The summed E-state index contributed by atoms with van der Waals surface area (Å²) in [6, 6.07) is 4.20. The number of nitrogens with one attached hydrogen (secondary N) is 1. The maximum atomic E-state index is 13.4. The van der Waals surface area contributed by atoms with Crippen molar-refractivity contribution in [1.29, 1.82) is 0 Å². The molecule has 0 spiro atoms. The zero-order valence-corrected chi connectivity index (χ0v) is 21.3. The van der Waals surface area contributed by atoms with E-state index in [9.17, 15) is 18.8 Å². The highest BCUT2D eigenvalue weighted by Crippen LogP contribution is 2.35. The Hall–Kier alpha value is -2.88. The number of carbonyl (C=O) groups is 3. The number of fused-ring (bicyclic) bond motifs is 1. The van der Waals surface area contributed by atoms with Crippen LogP contribution in [0.4, 0.5) is 9.18 Å². The molecule has 3 amide bonds. The van der Waals surface area contributed by atoms with Crippen LogP contribution in [-0.2, 0) is 14.3 Å². The second kappa shape index (κ2) is 10.0.